The van der Waals surface area contributed by atoms with E-state index in [1.54, 1.807) is 19.1 Å². The van der Waals surface area contributed by atoms with E-state index in [2.05, 4.69) is 4.98 Å². The molecule has 8 heteroatoms. The Morgan fingerprint density at radius 2 is 1.73 bits per heavy atom. The molecule has 0 radical (unpaired) electrons. The molecule has 30 heavy (non-hydrogen) atoms. The van der Waals surface area contributed by atoms with Crippen LogP contribution in [0.15, 0.2) is 48.4 Å². The van der Waals surface area contributed by atoms with E-state index in [-0.39, 0.29) is 17.0 Å². The predicted molar refractivity (Wildman–Crippen MR) is 107 cm³/mol. The molecule has 0 amide bonds. The molecule has 0 saturated carbocycles. The number of nitrogens with two attached hydrogens (primary N) is 1. The molecule has 0 fully saturated rings. The van der Waals surface area contributed by atoms with E-state index in [0.717, 1.165) is 12.1 Å². The van der Waals surface area contributed by atoms with Crippen LogP contribution in [0.1, 0.15) is 44.7 Å². The van der Waals surface area contributed by atoms with Gasteiger partial charge in [0.05, 0.1) is 7.11 Å². The second kappa shape index (κ2) is 8.63. The van der Waals surface area contributed by atoms with Gasteiger partial charge in [-0.3, -0.25) is 4.98 Å². The van der Waals surface area contributed by atoms with Gasteiger partial charge in [0.2, 0.25) is 0 Å². The van der Waals surface area contributed by atoms with Gasteiger partial charge in [0.25, 0.3) is 0 Å². The zero-order valence-corrected chi connectivity index (χ0v) is 17.3. The molecule has 2 aromatic rings. The Kier molecular flexibility index (Phi) is 6.81. The Bertz CT molecular complexity index is 911. The first-order chi connectivity index (χ1) is 13.8. The number of benzene rings is 1. The summed E-state index contributed by atoms with van der Waals surface area (Å²) >= 11 is 0. The summed E-state index contributed by atoms with van der Waals surface area (Å²) in [5.41, 5.74) is 2.73. The first-order valence-electron chi connectivity index (χ1n) is 9.29. The molecule has 0 aliphatic rings. The number of aromatic nitrogens is 1. The maximum absolute atomic E-state index is 14.0. The molecule has 0 bridgehead atoms. The number of methoxy groups -OCH3 is 1. The molecule has 4 nitrogen and oxygen atoms in total. The molecule has 1 atom stereocenters. The summed E-state index contributed by atoms with van der Waals surface area (Å²) in [4.78, 5) is 3.87. The fourth-order valence-corrected chi connectivity index (χ4v) is 3.53. The average molecular weight is 426 g/mol. The fraction of sp³-hybridized carbons (Fsp3) is 0.409. The van der Waals surface area contributed by atoms with Crippen molar-refractivity contribution in [3.8, 4) is 5.75 Å². The highest BCUT2D eigenvalue weighted by atomic mass is 19.4. The molecule has 1 aromatic heterocycles. The van der Waals surface area contributed by atoms with Gasteiger partial charge in [-0.25, -0.2) is 4.39 Å². The van der Waals surface area contributed by atoms with Crippen LogP contribution < -0.4 is 10.5 Å². The van der Waals surface area contributed by atoms with Crippen molar-refractivity contribution in [3.05, 3.63) is 65.4 Å². The zero-order valence-electron chi connectivity index (χ0n) is 17.3. The van der Waals surface area contributed by atoms with Crippen molar-refractivity contribution in [1.82, 2.24) is 4.98 Å². The topological polar surface area (TPSA) is 68.4 Å². The lowest BCUT2D eigenvalue weighted by atomic mass is 9.73. The monoisotopic (exact) mass is 426 g/mol. The summed E-state index contributed by atoms with van der Waals surface area (Å²) in [6.45, 7) is 4.58. The third kappa shape index (κ3) is 5.11. The van der Waals surface area contributed by atoms with Gasteiger partial charge < -0.3 is 15.6 Å². The van der Waals surface area contributed by atoms with Crippen molar-refractivity contribution in [2.24, 2.45) is 5.73 Å². The predicted octanol–water partition coefficient (Wildman–Crippen LogP) is 4.97. The number of rotatable bonds is 7. The minimum atomic E-state index is -4.96. The van der Waals surface area contributed by atoms with Gasteiger partial charge >= 0.3 is 6.18 Å². The molecule has 1 unspecified atom stereocenters. The highest BCUT2D eigenvalue weighted by Crippen LogP contribution is 2.46. The third-order valence-electron chi connectivity index (χ3n) is 5.23. The van der Waals surface area contributed by atoms with Crippen molar-refractivity contribution in [2.45, 2.75) is 50.8 Å². The summed E-state index contributed by atoms with van der Waals surface area (Å²) in [5.74, 6) is -0.371. The van der Waals surface area contributed by atoms with Crippen molar-refractivity contribution in [1.29, 1.82) is 0 Å². The Labute approximate surface area is 173 Å². The number of aliphatic hydroxyl groups is 1. The molecule has 2 rings (SSSR count). The van der Waals surface area contributed by atoms with Crippen LogP contribution in [0.4, 0.5) is 17.6 Å². The minimum Gasteiger partial charge on any atom is -0.496 e. The summed E-state index contributed by atoms with van der Waals surface area (Å²) < 4.78 is 61.0. The second-order valence-corrected chi connectivity index (χ2v) is 8.00. The van der Waals surface area contributed by atoms with E-state index in [0.29, 0.717) is 11.1 Å². The van der Waals surface area contributed by atoms with Crippen LogP contribution in [0.2, 0.25) is 0 Å². The Balaban J connectivity index is 2.46. The van der Waals surface area contributed by atoms with Crippen LogP contribution in [0.25, 0.3) is 5.57 Å². The summed E-state index contributed by atoms with van der Waals surface area (Å²) in [7, 11) is 1.35. The largest absolute Gasteiger partial charge is 0.496 e. The fourth-order valence-electron chi connectivity index (χ4n) is 3.53. The molecule has 0 aliphatic carbocycles. The smallest absolute Gasteiger partial charge is 0.417 e. The maximum Gasteiger partial charge on any atom is 0.417 e. The molecule has 0 spiro atoms. The molecule has 1 aromatic carbocycles. The third-order valence-corrected chi connectivity index (χ3v) is 5.23. The number of alkyl halides is 3. The van der Waals surface area contributed by atoms with Crippen LogP contribution >= 0.6 is 0 Å². The van der Waals surface area contributed by atoms with Gasteiger partial charge in [-0.05, 0) is 60.2 Å². The minimum absolute atomic E-state index is 0.0944. The van der Waals surface area contributed by atoms with Crippen molar-refractivity contribution < 1.29 is 27.4 Å². The summed E-state index contributed by atoms with van der Waals surface area (Å²) in [6, 6.07) is 6.87. The van der Waals surface area contributed by atoms with Gasteiger partial charge in [-0.1, -0.05) is 13.8 Å². The van der Waals surface area contributed by atoms with E-state index < -0.39 is 35.9 Å². The summed E-state index contributed by atoms with van der Waals surface area (Å²) in [6.07, 6.45) is -3.53. The molecular weight excluding hydrogens is 400 g/mol. The number of ether oxygens (including phenoxy) is 1. The summed E-state index contributed by atoms with van der Waals surface area (Å²) in [5, 5.41) is 10.8. The highest BCUT2D eigenvalue weighted by Gasteiger charge is 2.56. The van der Waals surface area contributed by atoms with Gasteiger partial charge in [0.1, 0.15) is 11.6 Å². The van der Waals surface area contributed by atoms with Crippen LogP contribution in [-0.4, -0.2) is 29.0 Å². The highest BCUT2D eigenvalue weighted by molar-refractivity contribution is 5.66. The first kappa shape index (κ1) is 23.7. The average Bonchev–Trinajstić information content (AvgIpc) is 2.66. The molecule has 0 saturated heterocycles. The zero-order chi connectivity index (χ0) is 22.7. The van der Waals surface area contributed by atoms with Gasteiger partial charge in [-0.2, -0.15) is 13.2 Å². The normalized spacial score (nSPS) is 15.4. The first-order valence-corrected chi connectivity index (χ1v) is 9.29. The van der Waals surface area contributed by atoms with Crippen LogP contribution in [0.5, 0.6) is 5.75 Å². The number of halogens is 4. The van der Waals surface area contributed by atoms with Crippen LogP contribution in [-0.2, 0) is 5.41 Å². The number of hydrogen-bond donors (Lipinski definition) is 2. The van der Waals surface area contributed by atoms with E-state index >= 15 is 0 Å². The van der Waals surface area contributed by atoms with E-state index in [1.165, 1.54) is 39.4 Å². The molecule has 1 heterocycles. The Morgan fingerprint density at radius 3 is 2.27 bits per heavy atom. The van der Waals surface area contributed by atoms with E-state index in [1.807, 2.05) is 0 Å². The van der Waals surface area contributed by atoms with Crippen LogP contribution in [0.3, 0.4) is 0 Å². The maximum atomic E-state index is 14.0. The van der Waals surface area contributed by atoms with Crippen LogP contribution in [0, 0.1) is 5.82 Å². The Hall–Kier alpha value is -2.61. The number of hydrogen-bond acceptors (Lipinski definition) is 4. The lowest BCUT2D eigenvalue weighted by Crippen LogP contribution is -2.50. The lowest BCUT2D eigenvalue weighted by Gasteiger charge is -2.38. The molecule has 3 N–H and O–H groups in total. The van der Waals surface area contributed by atoms with E-state index in [9.17, 15) is 22.7 Å². The SMILES string of the molecule is COc1ccc(F)cc1C(C)(C)CC(O)(C/C(N)=C(\C)c1ccncc1)C(F)(F)F. The van der Waals surface area contributed by atoms with Gasteiger partial charge in [0, 0.05) is 30.1 Å². The van der Waals surface area contributed by atoms with Crippen molar-refractivity contribution in [3.63, 3.8) is 0 Å². The lowest BCUT2D eigenvalue weighted by molar-refractivity contribution is -0.266. The second-order valence-electron chi connectivity index (χ2n) is 8.00. The number of nitrogens with zero attached hydrogens (tertiary/aromatic N) is 1. The standard InChI is InChI=1S/C22H26F4N2O2/c1-14(15-7-9-28-10-8-15)18(27)12-21(29,22(24,25)26)13-20(2,3)17-11-16(23)5-6-19(17)30-4/h5-11,29H,12-13,27H2,1-4H3/b18-14-. The molecule has 0 aliphatic heterocycles. The van der Waals surface area contributed by atoms with Crippen molar-refractivity contribution in [2.75, 3.05) is 7.11 Å². The molecular formula is C22H26F4N2O2. The van der Waals surface area contributed by atoms with Crippen molar-refractivity contribution >= 4 is 5.57 Å². The van der Waals surface area contributed by atoms with Gasteiger partial charge in [-0.15, -0.1) is 0 Å². The van der Waals surface area contributed by atoms with Gasteiger partial charge in [0.15, 0.2) is 5.60 Å². The Morgan fingerprint density at radius 1 is 1.13 bits per heavy atom. The molecule has 164 valence electrons. The number of pyridine rings is 1. The quantitative estimate of drug-likeness (QED) is 0.614. The van der Waals surface area contributed by atoms with E-state index in [4.69, 9.17) is 10.5 Å². The number of allylic oxidation sites excluding steroid dienone is 1.